The lowest BCUT2D eigenvalue weighted by molar-refractivity contribution is -0.127. The van der Waals surface area contributed by atoms with Crippen molar-refractivity contribution in [2.24, 2.45) is 0 Å². The summed E-state index contributed by atoms with van der Waals surface area (Å²) in [6.45, 7) is 6.95. The molecule has 8 heteroatoms. The molecule has 0 spiro atoms. The fraction of sp³-hybridized carbons (Fsp3) is 0.348. The molecular formula is C23H25FN6O. The Labute approximate surface area is 181 Å². The summed E-state index contributed by atoms with van der Waals surface area (Å²) < 4.78 is 14.3. The zero-order valence-electron chi connectivity index (χ0n) is 17.3. The summed E-state index contributed by atoms with van der Waals surface area (Å²) in [5.41, 5.74) is 3.29. The monoisotopic (exact) mass is 420 g/mol. The lowest BCUT2D eigenvalue weighted by atomic mass is 10.1. The third kappa shape index (κ3) is 4.84. The number of halogens is 1. The van der Waals surface area contributed by atoms with Gasteiger partial charge < -0.3 is 15.5 Å². The summed E-state index contributed by atoms with van der Waals surface area (Å²) in [7, 11) is 0. The SMILES string of the molecule is C#CCN1Cc2ccc(Nc3ncc(F)c(N[C@@H]4CCCN(C(=O)C=C)C4)n3)cc2C1. The lowest BCUT2D eigenvalue weighted by Gasteiger charge is -2.32. The number of nitrogens with one attached hydrogen (secondary N) is 2. The number of carbonyl (C=O) groups excluding carboxylic acids is 1. The van der Waals surface area contributed by atoms with E-state index in [4.69, 9.17) is 6.42 Å². The predicted octanol–water partition coefficient (Wildman–Crippen LogP) is 2.90. The third-order valence-electron chi connectivity index (χ3n) is 5.56. The first-order valence-electron chi connectivity index (χ1n) is 10.3. The summed E-state index contributed by atoms with van der Waals surface area (Å²) in [6.07, 6.45) is 9.53. The number of terminal acetylenes is 1. The van der Waals surface area contributed by atoms with E-state index in [1.54, 1.807) is 4.90 Å². The number of fused-ring (bicyclic) bond motifs is 1. The minimum atomic E-state index is -0.531. The molecule has 0 aliphatic carbocycles. The fourth-order valence-electron chi connectivity index (χ4n) is 4.06. The first-order chi connectivity index (χ1) is 15.1. The van der Waals surface area contributed by atoms with Crippen LogP contribution in [0.4, 0.5) is 21.8 Å². The number of nitrogens with zero attached hydrogens (tertiary/aromatic N) is 4. The molecule has 2 N–H and O–H groups in total. The second-order valence-corrected chi connectivity index (χ2v) is 7.82. The van der Waals surface area contributed by atoms with Gasteiger partial charge in [0.2, 0.25) is 11.9 Å². The molecule has 160 valence electrons. The second-order valence-electron chi connectivity index (χ2n) is 7.82. The van der Waals surface area contributed by atoms with E-state index >= 15 is 0 Å². The molecular weight excluding hydrogens is 395 g/mol. The molecule has 2 aromatic rings. The molecule has 2 aliphatic rings. The van der Waals surface area contributed by atoms with Crippen molar-refractivity contribution in [2.45, 2.75) is 32.0 Å². The van der Waals surface area contributed by atoms with E-state index < -0.39 is 5.82 Å². The van der Waals surface area contributed by atoms with Crippen molar-refractivity contribution in [1.29, 1.82) is 0 Å². The Kier molecular flexibility index (Phi) is 6.14. The van der Waals surface area contributed by atoms with Gasteiger partial charge in [-0.1, -0.05) is 18.6 Å². The van der Waals surface area contributed by atoms with Gasteiger partial charge in [-0.3, -0.25) is 9.69 Å². The molecule has 0 bridgehead atoms. The molecule has 3 heterocycles. The van der Waals surface area contributed by atoms with E-state index in [2.05, 4.69) is 44.1 Å². The standard InChI is InChI=1S/C23H25FN6O/c1-3-9-29-13-16-7-8-18(11-17(16)14-29)27-23-25-12-20(24)22(28-23)26-19-6-5-10-30(15-19)21(31)4-2/h1,4,7-8,11-12,19H,2,5-6,9-10,13-15H2,(H2,25,26,27,28)/t19-/m1/s1. The van der Waals surface area contributed by atoms with Crippen molar-refractivity contribution in [3.8, 4) is 12.3 Å². The number of hydrogen-bond acceptors (Lipinski definition) is 6. The van der Waals surface area contributed by atoms with Gasteiger partial charge in [-0.25, -0.2) is 9.37 Å². The van der Waals surface area contributed by atoms with Crippen LogP contribution in [-0.2, 0) is 17.9 Å². The van der Waals surface area contributed by atoms with Crippen LogP contribution >= 0.6 is 0 Å². The van der Waals surface area contributed by atoms with Gasteiger partial charge in [0.15, 0.2) is 11.6 Å². The maximum atomic E-state index is 14.3. The Morgan fingerprint density at radius 3 is 3.03 bits per heavy atom. The number of likely N-dealkylation sites (tertiary alicyclic amines) is 1. The maximum Gasteiger partial charge on any atom is 0.246 e. The van der Waals surface area contributed by atoms with Crippen molar-refractivity contribution >= 4 is 23.4 Å². The molecule has 7 nitrogen and oxygen atoms in total. The quantitative estimate of drug-likeness (QED) is 0.553. The van der Waals surface area contributed by atoms with Crippen LogP contribution in [0, 0.1) is 18.2 Å². The van der Waals surface area contributed by atoms with Crippen molar-refractivity contribution < 1.29 is 9.18 Å². The molecule has 1 aromatic heterocycles. The van der Waals surface area contributed by atoms with E-state index in [0.29, 0.717) is 25.6 Å². The number of amides is 1. The van der Waals surface area contributed by atoms with Gasteiger partial charge in [0, 0.05) is 37.9 Å². The average Bonchev–Trinajstić information content (AvgIpc) is 3.17. The number of aromatic nitrogens is 2. The molecule has 0 unspecified atom stereocenters. The average molecular weight is 420 g/mol. The molecule has 2 aliphatic heterocycles. The van der Waals surface area contributed by atoms with Gasteiger partial charge in [-0.15, -0.1) is 6.42 Å². The van der Waals surface area contributed by atoms with Crippen LogP contribution in [-0.4, -0.2) is 51.4 Å². The van der Waals surface area contributed by atoms with E-state index in [1.165, 1.54) is 17.2 Å². The Balaban J connectivity index is 1.44. The molecule has 0 radical (unpaired) electrons. The molecule has 1 fully saturated rings. The molecule has 1 saturated heterocycles. The van der Waals surface area contributed by atoms with Gasteiger partial charge in [0.1, 0.15) is 0 Å². The highest BCUT2D eigenvalue weighted by molar-refractivity contribution is 5.87. The van der Waals surface area contributed by atoms with E-state index in [-0.39, 0.29) is 17.8 Å². The zero-order valence-corrected chi connectivity index (χ0v) is 17.3. The highest BCUT2D eigenvalue weighted by Gasteiger charge is 2.24. The van der Waals surface area contributed by atoms with Crippen LogP contribution in [0.15, 0.2) is 37.1 Å². The third-order valence-corrected chi connectivity index (χ3v) is 5.56. The van der Waals surface area contributed by atoms with Crippen molar-refractivity contribution in [1.82, 2.24) is 19.8 Å². The maximum absolute atomic E-state index is 14.3. The van der Waals surface area contributed by atoms with Gasteiger partial charge in [0.25, 0.3) is 0 Å². The Morgan fingerprint density at radius 2 is 2.23 bits per heavy atom. The number of carbonyl (C=O) groups is 1. The Morgan fingerprint density at radius 1 is 1.39 bits per heavy atom. The van der Waals surface area contributed by atoms with Crippen molar-refractivity contribution in [3.05, 3.63) is 54.0 Å². The Hall–Kier alpha value is -3.44. The van der Waals surface area contributed by atoms with Crippen LogP contribution in [0.3, 0.4) is 0 Å². The fourth-order valence-corrected chi connectivity index (χ4v) is 4.06. The van der Waals surface area contributed by atoms with Crippen LogP contribution in [0.5, 0.6) is 0 Å². The van der Waals surface area contributed by atoms with E-state index in [9.17, 15) is 9.18 Å². The lowest BCUT2D eigenvalue weighted by Crippen LogP contribution is -2.44. The van der Waals surface area contributed by atoms with Crippen molar-refractivity contribution in [2.75, 3.05) is 30.3 Å². The minimum absolute atomic E-state index is 0.0861. The van der Waals surface area contributed by atoms with Gasteiger partial charge in [0.05, 0.1) is 12.7 Å². The van der Waals surface area contributed by atoms with Crippen LogP contribution in [0.2, 0.25) is 0 Å². The summed E-state index contributed by atoms with van der Waals surface area (Å²) in [5, 5.41) is 6.28. The van der Waals surface area contributed by atoms with Crippen LogP contribution in [0.25, 0.3) is 0 Å². The first-order valence-corrected chi connectivity index (χ1v) is 10.3. The highest BCUT2D eigenvalue weighted by Crippen LogP contribution is 2.27. The van der Waals surface area contributed by atoms with Crippen LogP contribution < -0.4 is 10.6 Å². The summed E-state index contributed by atoms with van der Waals surface area (Å²) in [4.78, 5) is 24.2. The molecule has 4 rings (SSSR count). The van der Waals surface area contributed by atoms with Crippen LogP contribution in [0.1, 0.15) is 24.0 Å². The Bertz CT molecular complexity index is 1030. The second kappa shape index (κ2) is 9.14. The smallest absolute Gasteiger partial charge is 0.246 e. The van der Waals surface area contributed by atoms with E-state index in [0.717, 1.165) is 37.8 Å². The molecule has 1 amide bonds. The first kappa shape index (κ1) is 20.8. The normalized spacial score (nSPS) is 18.2. The summed E-state index contributed by atoms with van der Waals surface area (Å²) >= 11 is 0. The predicted molar refractivity (Wildman–Crippen MR) is 118 cm³/mol. The summed E-state index contributed by atoms with van der Waals surface area (Å²) in [6, 6.07) is 5.98. The number of anilines is 3. The molecule has 1 atom stereocenters. The van der Waals surface area contributed by atoms with Crippen molar-refractivity contribution in [3.63, 3.8) is 0 Å². The molecule has 0 saturated carbocycles. The number of benzene rings is 1. The minimum Gasteiger partial charge on any atom is -0.363 e. The highest BCUT2D eigenvalue weighted by atomic mass is 19.1. The van der Waals surface area contributed by atoms with E-state index in [1.807, 2.05) is 12.1 Å². The number of piperidine rings is 1. The molecule has 31 heavy (non-hydrogen) atoms. The number of hydrogen-bond donors (Lipinski definition) is 2. The van der Waals surface area contributed by atoms with Gasteiger partial charge >= 0.3 is 0 Å². The molecule has 1 aromatic carbocycles. The largest absolute Gasteiger partial charge is 0.363 e. The zero-order chi connectivity index (χ0) is 21.8. The van der Waals surface area contributed by atoms with Gasteiger partial charge in [-0.05, 0) is 42.2 Å². The summed E-state index contributed by atoms with van der Waals surface area (Å²) in [5.74, 6) is 2.46. The topological polar surface area (TPSA) is 73.4 Å². The van der Waals surface area contributed by atoms with Gasteiger partial charge in [-0.2, -0.15) is 4.98 Å². The number of rotatable bonds is 6.